The number of nitrogens with one attached hydrogen (secondary N) is 1. The normalized spacial score (nSPS) is 23.4. The number of likely N-dealkylation sites (tertiary alicyclic amines) is 1. The van der Waals surface area contributed by atoms with E-state index in [0.29, 0.717) is 31.8 Å². The van der Waals surface area contributed by atoms with Crippen LogP contribution in [0.1, 0.15) is 47.5 Å². The molecule has 1 saturated heterocycles. The number of rotatable bonds is 5. The van der Waals surface area contributed by atoms with Gasteiger partial charge in [0.2, 0.25) is 5.91 Å². The molecule has 0 spiro atoms. The molecule has 1 rings (SSSR count). The molecule has 2 unspecified atom stereocenters. The smallest absolute Gasteiger partial charge is 0.308 e. The Balaban J connectivity index is 2.68. The third-order valence-corrected chi connectivity index (χ3v) is 3.66. The van der Waals surface area contributed by atoms with E-state index < -0.39 is 11.9 Å². The second kappa shape index (κ2) is 7.25. The van der Waals surface area contributed by atoms with Gasteiger partial charge in [-0.25, -0.2) is 0 Å². The number of carbonyl (C=O) groups is 2. The molecule has 0 radical (unpaired) electrons. The van der Waals surface area contributed by atoms with Crippen LogP contribution < -0.4 is 5.32 Å². The SMILES string of the molecule is CC(C)CC(=O)N1CC(NCC(C)(C)C)CC(C(=O)O)C1. The van der Waals surface area contributed by atoms with Gasteiger partial charge in [0.15, 0.2) is 0 Å². The highest BCUT2D eigenvalue weighted by atomic mass is 16.4. The van der Waals surface area contributed by atoms with Crippen molar-refractivity contribution in [2.45, 2.75) is 53.5 Å². The van der Waals surface area contributed by atoms with Crippen LogP contribution in [0.2, 0.25) is 0 Å². The fourth-order valence-corrected chi connectivity index (χ4v) is 2.56. The zero-order valence-electron chi connectivity index (χ0n) is 14.0. The van der Waals surface area contributed by atoms with Gasteiger partial charge in [-0.15, -0.1) is 0 Å². The maximum absolute atomic E-state index is 12.2. The van der Waals surface area contributed by atoms with Gasteiger partial charge in [-0.2, -0.15) is 0 Å². The molecular weight excluding hydrogens is 268 g/mol. The molecule has 0 aromatic heterocycles. The third kappa shape index (κ3) is 6.46. The van der Waals surface area contributed by atoms with Crippen molar-refractivity contribution < 1.29 is 14.7 Å². The van der Waals surface area contributed by atoms with Crippen LogP contribution in [-0.2, 0) is 9.59 Å². The van der Waals surface area contributed by atoms with Crippen LogP contribution in [-0.4, -0.2) is 47.6 Å². The lowest BCUT2D eigenvalue weighted by Gasteiger charge is -2.38. The van der Waals surface area contributed by atoms with E-state index in [2.05, 4.69) is 26.1 Å². The molecule has 2 atom stereocenters. The summed E-state index contributed by atoms with van der Waals surface area (Å²) < 4.78 is 0. The summed E-state index contributed by atoms with van der Waals surface area (Å²) in [6, 6.07) is 0.0650. The Labute approximate surface area is 128 Å². The van der Waals surface area contributed by atoms with E-state index in [-0.39, 0.29) is 17.4 Å². The average molecular weight is 298 g/mol. The van der Waals surface area contributed by atoms with Crippen LogP contribution in [0, 0.1) is 17.3 Å². The molecule has 1 aliphatic heterocycles. The van der Waals surface area contributed by atoms with Crippen molar-refractivity contribution in [3.05, 3.63) is 0 Å². The van der Waals surface area contributed by atoms with Gasteiger partial charge in [0.05, 0.1) is 5.92 Å². The molecule has 5 nitrogen and oxygen atoms in total. The number of nitrogens with zero attached hydrogens (tertiary/aromatic N) is 1. The number of hydrogen-bond acceptors (Lipinski definition) is 3. The maximum Gasteiger partial charge on any atom is 0.308 e. The Hall–Kier alpha value is -1.10. The first-order chi connectivity index (χ1) is 9.58. The molecule has 0 saturated carbocycles. The number of carboxylic acid groups (broad SMARTS) is 1. The molecule has 2 N–H and O–H groups in total. The Bertz CT molecular complexity index is 374. The van der Waals surface area contributed by atoms with Crippen molar-refractivity contribution >= 4 is 11.9 Å². The second-order valence-electron chi connectivity index (χ2n) is 7.81. The van der Waals surface area contributed by atoms with Gasteiger partial charge in [-0.05, 0) is 17.8 Å². The first-order valence-corrected chi connectivity index (χ1v) is 7.82. The molecule has 5 heteroatoms. The number of amides is 1. The van der Waals surface area contributed by atoms with E-state index in [1.54, 1.807) is 4.90 Å². The summed E-state index contributed by atoms with van der Waals surface area (Å²) in [7, 11) is 0. The van der Waals surface area contributed by atoms with Crippen molar-refractivity contribution in [3.8, 4) is 0 Å². The second-order valence-corrected chi connectivity index (χ2v) is 7.81. The Morgan fingerprint density at radius 2 is 1.90 bits per heavy atom. The Morgan fingerprint density at radius 1 is 1.29 bits per heavy atom. The van der Waals surface area contributed by atoms with Crippen LogP contribution in [0.15, 0.2) is 0 Å². The van der Waals surface area contributed by atoms with E-state index in [4.69, 9.17) is 0 Å². The standard InChI is InChI=1S/C16H30N2O3/c1-11(2)6-14(19)18-8-12(15(20)21)7-13(9-18)17-10-16(3,4)5/h11-13,17H,6-10H2,1-5H3,(H,20,21). The number of carboxylic acids is 1. The van der Waals surface area contributed by atoms with Gasteiger partial charge in [0.1, 0.15) is 0 Å². The minimum atomic E-state index is -0.806. The number of piperidine rings is 1. The van der Waals surface area contributed by atoms with Gasteiger partial charge in [-0.1, -0.05) is 34.6 Å². The number of carbonyl (C=O) groups excluding carboxylic acids is 1. The molecular formula is C16H30N2O3. The van der Waals surface area contributed by atoms with Gasteiger partial charge >= 0.3 is 5.97 Å². The lowest BCUT2D eigenvalue weighted by atomic mass is 9.91. The fraction of sp³-hybridized carbons (Fsp3) is 0.875. The zero-order chi connectivity index (χ0) is 16.2. The summed E-state index contributed by atoms with van der Waals surface area (Å²) in [4.78, 5) is 25.3. The minimum Gasteiger partial charge on any atom is -0.481 e. The highest BCUT2D eigenvalue weighted by molar-refractivity contribution is 5.78. The summed E-state index contributed by atoms with van der Waals surface area (Å²) in [5.74, 6) is -0.908. The molecule has 1 fully saturated rings. The van der Waals surface area contributed by atoms with Crippen LogP contribution in [0.25, 0.3) is 0 Å². The van der Waals surface area contributed by atoms with Gasteiger partial charge in [0.25, 0.3) is 0 Å². The lowest BCUT2D eigenvalue weighted by Crippen LogP contribution is -2.54. The molecule has 1 heterocycles. The van der Waals surface area contributed by atoms with Gasteiger partial charge < -0.3 is 15.3 Å². The zero-order valence-corrected chi connectivity index (χ0v) is 14.0. The Morgan fingerprint density at radius 3 is 2.38 bits per heavy atom. The quantitative estimate of drug-likeness (QED) is 0.814. The molecule has 1 aliphatic rings. The van der Waals surface area contributed by atoms with E-state index in [1.807, 2.05) is 13.8 Å². The predicted octanol–water partition coefficient (Wildman–Crippen LogP) is 1.97. The van der Waals surface area contributed by atoms with Gasteiger partial charge in [-0.3, -0.25) is 9.59 Å². The van der Waals surface area contributed by atoms with Crippen molar-refractivity contribution in [1.29, 1.82) is 0 Å². The van der Waals surface area contributed by atoms with Gasteiger partial charge in [0, 0.05) is 32.1 Å². The molecule has 0 aromatic rings. The summed E-state index contributed by atoms with van der Waals surface area (Å²) in [5.41, 5.74) is 0.142. The molecule has 0 aromatic carbocycles. The van der Waals surface area contributed by atoms with Crippen LogP contribution in [0.5, 0.6) is 0 Å². The molecule has 122 valence electrons. The first kappa shape index (κ1) is 18.0. The van der Waals surface area contributed by atoms with E-state index >= 15 is 0 Å². The lowest BCUT2D eigenvalue weighted by molar-refractivity contribution is -0.146. The maximum atomic E-state index is 12.2. The number of aliphatic carboxylic acids is 1. The van der Waals surface area contributed by atoms with Crippen LogP contribution >= 0.6 is 0 Å². The van der Waals surface area contributed by atoms with Crippen molar-refractivity contribution in [3.63, 3.8) is 0 Å². The predicted molar refractivity (Wildman–Crippen MR) is 83.0 cm³/mol. The molecule has 1 amide bonds. The fourth-order valence-electron chi connectivity index (χ4n) is 2.56. The Kier molecular flexibility index (Phi) is 6.20. The first-order valence-electron chi connectivity index (χ1n) is 7.82. The molecule has 0 aliphatic carbocycles. The van der Waals surface area contributed by atoms with Crippen LogP contribution in [0.4, 0.5) is 0 Å². The summed E-state index contributed by atoms with van der Waals surface area (Å²) in [5, 5.41) is 12.7. The van der Waals surface area contributed by atoms with E-state index in [9.17, 15) is 14.7 Å². The topological polar surface area (TPSA) is 69.6 Å². The third-order valence-electron chi connectivity index (χ3n) is 3.66. The highest BCUT2D eigenvalue weighted by Gasteiger charge is 2.34. The van der Waals surface area contributed by atoms with E-state index in [0.717, 1.165) is 6.54 Å². The minimum absolute atomic E-state index is 0.0650. The monoisotopic (exact) mass is 298 g/mol. The van der Waals surface area contributed by atoms with Crippen molar-refractivity contribution in [2.24, 2.45) is 17.3 Å². The van der Waals surface area contributed by atoms with E-state index in [1.165, 1.54) is 0 Å². The summed E-state index contributed by atoms with van der Waals surface area (Å²) in [6.45, 7) is 12.2. The van der Waals surface area contributed by atoms with Crippen LogP contribution in [0.3, 0.4) is 0 Å². The molecule has 21 heavy (non-hydrogen) atoms. The summed E-state index contributed by atoms with van der Waals surface area (Å²) in [6.07, 6.45) is 1.08. The average Bonchev–Trinajstić information content (AvgIpc) is 2.34. The summed E-state index contributed by atoms with van der Waals surface area (Å²) >= 11 is 0. The largest absolute Gasteiger partial charge is 0.481 e. The highest BCUT2D eigenvalue weighted by Crippen LogP contribution is 2.20. The molecule has 0 bridgehead atoms. The van der Waals surface area contributed by atoms with Crippen molar-refractivity contribution in [1.82, 2.24) is 10.2 Å². The van der Waals surface area contributed by atoms with Crippen molar-refractivity contribution in [2.75, 3.05) is 19.6 Å². The number of hydrogen-bond donors (Lipinski definition) is 2.